The number of nitrogens with zero attached hydrogens (tertiary/aromatic N) is 1. The van der Waals surface area contributed by atoms with Crippen molar-refractivity contribution >= 4 is 5.91 Å². The van der Waals surface area contributed by atoms with Crippen LogP contribution in [0.5, 0.6) is 0 Å². The average Bonchev–Trinajstić information content (AvgIpc) is 3.23. The summed E-state index contributed by atoms with van der Waals surface area (Å²) in [5.74, 6) is 0.806. The molecule has 1 aliphatic carbocycles. The Balaban J connectivity index is 2.05. The van der Waals surface area contributed by atoms with Crippen molar-refractivity contribution in [1.82, 2.24) is 4.90 Å². The van der Waals surface area contributed by atoms with E-state index in [9.17, 15) is 4.79 Å². The molecule has 0 saturated heterocycles. The van der Waals surface area contributed by atoms with Gasteiger partial charge in [0.05, 0.1) is 0 Å². The summed E-state index contributed by atoms with van der Waals surface area (Å²) in [6.45, 7) is 5.80. The minimum atomic E-state index is 0.173. The zero-order valence-corrected chi connectivity index (χ0v) is 11.9. The van der Waals surface area contributed by atoms with E-state index in [0.29, 0.717) is 18.5 Å². The van der Waals surface area contributed by atoms with E-state index in [1.165, 1.54) is 0 Å². The molecule has 2 N–H and O–H groups in total. The van der Waals surface area contributed by atoms with Gasteiger partial charge in [0, 0.05) is 24.7 Å². The highest BCUT2D eigenvalue weighted by Gasteiger charge is 2.32. The Labute approximate surface area is 115 Å². The van der Waals surface area contributed by atoms with Crippen molar-refractivity contribution in [3.63, 3.8) is 0 Å². The van der Waals surface area contributed by atoms with E-state index in [1.54, 1.807) is 0 Å². The number of amides is 1. The molecule has 0 atom stereocenters. The Morgan fingerprint density at radius 2 is 1.95 bits per heavy atom. The maximum absolute atomic E-state index is 12.5. The van der Waals surface area contributed by atoms with Gasteiger partial charge in [0.2, 0.25) is 0 Å². The summed E-state index contributed by atoms with van der Waals surface area (Å²) < 4.78 is 0. The normalized spacial score (nSPS) is 14.7. The monoisotopic (exact) mass is 260 g/mol. The summed E-state index contributed by atoms with van der Waals surface area (Å²) in [5.41, 5.74) is 7.43. The number of carbonyl (C=O) groups is 1. The zero-order valence-electron chi connectivity index (χ0n) is 11.9. The van der Waals surface area contributed by atoms with Crippen LogP contribution in [-0.2, 0) is 6.54 Å². The predicted octanol–water partition coefficient (Wildman–Crippen LogP) is 2.80. The molecule has 1 aromatic rings. The van der Waals surface area contributed by atoms with Crippen LogP contribution in [-0.4, -0.2) is 23.4 Å². The molecule has 0 heterocycles. The smallest absolute Gasteiger partial charge is 0.254 e. The van der Waals surface area contributed by atoms with Crippen LogP contribution in [0.15, 0.2) is 24.3 Å². The van der Waals surface area contributed by atoms with E-state index in [2.05, 4.69) is 18.7 Å². The van der Waals surface area contributed by atoms with Gasteiger partial charge in [0.15, 0.2) is 0 Å². The van der Waals surface area contributed by atoms with Crippen molar-refractivity contribution in [2.45, 2.75) is 45.7 Å². The summed E-state index contributed by atoms with van der Waals surface area (Å²) in [5, 5.41) is 0. The first kappa shape index (κ1) is 14.1. The van der Waals surface area contributed by atoms with Gasteiger partial charge in [-0.15, -0.1) is 0 Å². The highest BCUT2D eigenvalue weighted by Crippen LogP contribution is 2.29. The molecule has 3 heteroatoms. The highest BCUT2D eigenvalue weighted by molar-refractivity contribution is 5.94. The van der Waals surface area contributed by atoms with E-state index >= 15 is 0 Å². The van der Waals surface area contributed by atoms with Crippen LogP contribution in [0.2, 0.25) is 0 Å². The average molecular weight is 260 g/mol. The van der Waals surface area contributed by atoms with Gasteiger partial charge in [0.1, 0.15) is 0 Å². The fraction of sp³-hybridized carbons (Fsp3) is 0.562. The second kappa shape index (κ2) is 6.20. The number of benzene rings is 1. The van der Waals surface area contributed by atoms with Gasteiger partial charge in [-0.25, -0.2) is 0 Å². The summed E-state index contributed by atoms with van der Waals surface area (Å²) in [6, 6.07) is 8.16. The SMILES string of the molecule is CC(C)CCN(C(=O)c1ccc(CN)cc1)C1CC1. The summed E-state index contributed by atoms with van der Waals surface area (Å²) in [4.78, 5) is 14.6. The topological polar surface area (TPSA) is 46.3 Å². The van der Waals surface area contributed by atoms with Crippen molar-refractivity contribution in [2.75, 3.05) is 6.54 Å². The molecule has 3 nitrogen and oxygen atoms in total. The Morgan fingerprint density at radius 1 is 1.32 bits per heavy atom. The van der Waals surface area contributed by atoms with E-state index < -0.39 is 0 Å². The molecular weight excluding hydrogens is 236 g/mol. The number of rotatable bonds is 6. The van der Waals surface area contributed by atoms with E-state index in [1.807, 2.05) is 24.3 Å². The van der Waals surface area contributed by atoms with Gasteiger partial charge in [-0.05, 0) is 42.9 Å². The van der Waals surface area contributed by atoms with Crippen molar-refractivity contribution in [1.29, 1.82) is 0 Å². The number of hydrogen-bond donors (Lipinski definition) is 1. The molecule has 0 radical (unpaired) electrons. The molecule has 0 aromatic heterocycles. The second-order valence-electron chi connectivity index (χ2n) is 5.81. The third kappa shape index (κ3) is 3.80. The quantitative estimate of drug-likeness (QED) is 0.855. The van der Waals surface area contributed by atoms with Gasteiger partial charge in [-0.2, -0.15) is 0 Å². The minimum absolute atomic E-state index is 0.173. The maximum Gasteiger partial charge on any atom is 0.254 e. The fourth-order valence-electron chi connectivity index (χ4n) is 2.18. The third-order valence-corrected chi connectivity index (χ3v) is 3.63. The van der Waals surface area contributed by atoms with Crippen LogP contribution in [0.25, 0.3) is 0 Å². The lowest BCUT2D eigenvalue weighted by atomic mass is 10.1. The van der Waals surface area contributed by atoms with E-state index in [-0.39, 0.29) is 5.91 Å². The molecule has 0 bridgehead atoms. The standard InChI is InChI=1S/C16H24N2O/c1-12(2)9-10-18(15-7-8-15)16(19)14-5-3-13(11-17)4-6-14/h3-6,12,15H,7-11,17H2,1-2H3. The van der Waals surface area contributed by atoms with E-state index in [0.717, 1.165) is 36.9 Å². The van der Waals surface area contributed by atoms with Crippen molar-refractivity contribution in [3.8, 4) is 0 Å². The third-order valence-electron chi connectivity index (χ3n) is 3.63. The Bertz CT molecular complexity index is 421. The molecule has 104 valence electrons. The van der Waals surface area contributed by atoms with Crippen LogP contribution in [0.3, 0.4) is 0 Å². The van der Waals surface area contributed by atoms with Gasteiger partial charge in [-0.1, -0.05) is 26.0 Å². The van der Waals surface area contributed by atoms with Crippen LogP contribution in [0, 0.1) is 5.92 Å². The Morgan fingerprint density at radius 3 is 2.42 bits per heavy atom. The van der Waals surface area contributed by atoms with Gasteiger partial charge >= 0.3 is 0 Å². The molecule has 1 fully saturated rings. The number of nitrogens with two attached hydrogens (primary N) is 1. The fourth-order valence-corrected chi connectivity index (χ4v) is 2.18. The molecule has 1 amide bonds. The maximum atomic E-state index is 12.5. The molecule has 0 spiro atoms. The first-order chi connectivity index (χ1) is 9.11. The van der Waals surface area contributed by atoms with Crippen LogP contribution in [0.4, 0.5) is 0 Å². The van der Waals surface area contributed by atoms with Gasteiger partial charge in [-0.3, -0.25) is 4.79 Å². The Hall–Kier alpha value is -1.35. The van der Waals surface area contributed by atoms with Crippen LogP contribution in [0.1, 0.15) is 49.0 Å². The van der Waals surface area contributed by atoms with Crippen molar-refractivity contribution in [2.24, 2.45) is 11.7 Å². The molecule has 0 aliphatic heterocycles. The van der Waals surface area contributed by atoms with E-state index in [4.69, 9.17) is 5.73 Å². The first-order valence-electron chi connectivity index (χ1n) is 7.21. The molecule has 2 rings (SSSR count). The first-order valence-corrected chi connectivity index (χ1v) is 7.21. The van der Waals surface area contributed by atoms with Crippen molar-refractivity contribution < 1.29 is 4.79 Å². The zero-order chi connectivity index (χ0) is 13.8. The number of hydrogen-bond acceptors (Lipinski definition) is 2. The molecule has 1 saturated carbocycles. The molecule has 1 aromatic carbocycles. The van der Waals surface area contributed by atoms with Gasteiger partial charge in [0.25, 0.3) is 5.91 Å². The number of carbonyl (C=O) groups excluding carboxylic acids is 1. The summed E-state index contributed by atoms with van der Waals surface area (Å²) in [6.07, 6.45) is 3.39. The predicted molar refractivity (Wildman–Crippen MR) is 77.8 cm³/mol. The lowest BCUT2D eigenvalue weighted by Gasteiger charge is -2.23. The molecular formula is C16H24N2O. The molecule has 19 heavy (non-hydrogen) atoms. The molecule has 1 aliphatic rings. The molecule has 0 unspecified atom stereocenters. The Kier molecular flexibility index (Phi) is 4.59. The van der Waals surface area contributed by atoms with Gasteiger partial charge < -0.3 is 10.6 Å². The lowest BCUT2D eigenvalue weighted by Crippen LogP contribution is -2.34. The summed E-state index contributed by atoms with van der Waals surface area (Å²) in [7, 11) is 0. The highest BCUT2D eigenvalue weighted by atomic mass is 16.2. The van der Waals surface area contributed by atoms with Crippen LogP contribution < -0.4 is 5.73 Å². The van der Waals surface area contributed by atoms with Crippen molar-refractivity contribution in [3.05, 3.63) is 35.4 Å². The lowest BCUT2D eigenvalue weighted by molar-refractivity contribution is 0.0735. The largest absolute Gasteiger partial charge is 0.336 e. The second-order valence-corrected chi connectivity index (χ2v) is 5.81. The minimum Gasteiger partial charge on any atom is -0.336 e. The summed E-state index contributed by atoms with van der Waals surface area (Å²) >= 11 is 0. The van der Waals surface area contributed by atoms with Crippen LogP contribution >= 0.6 is 0 Å².